The minimum absolute atomic E-state index is 0.409. The average molecular weight is 267 g/mol. The zero-order chi connectivity index (χ0) is 14.6. The molecule has 0 bridgehead atoms. The van der Waals surface area contributed by atoms with Gasteiger partial charge in [-0.3, -0.25) is 0 Å². The molecule has 0 aromatic rings. The average Bonchev–Trinajstić information content (AvgIpc) is 2.13. The van der Waals surface area contributed by atoms with E-state index in [1.54, 1.807) is 0 Å². The second-order valence-electron chi connectivity index (χ2n) is 7.76. The first-order valence-electron chi connectivity index (χ1n) is 7.54. The van der Waals surface area contributed by atoms with Gasteiger partial charge in [0.1, 0.15) is 8.07 Å². The molecule has 0 aliphatic rings. The number of rotatable bonds is 4. The van der Waals surface area contributed by atoms with Gasteiger partial charge in [0.25, 0.3) is 0 Å². The lowest BCUT2D eigenvalue weighted by atomic mass is 9.91. The maximum atomic E-state index is 3.79. The second-order valence-corrected chi connectivity index (χ2v) is 13.3. The van der Waals surface area contributed by atoms with Gasteiger partial charge in [-0.2, -0.15) is 0 Å². The molecule has 0 spiro atoms. The predicted molar refractivity (Wildman–Crippen MR) is 87.5 cm³/mol. The topological polar surface area (TPSA) is 0 Å². The van der Waals surface area contributed by atoms with Crippen LogP contribution in [0.4, 0.5) is 0 Å². The first kappa shape index (κ1) is 17.8. The summed E-state index contributed by atoms with van der Waals surface area (Å²) < 4.78 is 0. The first-order valence-corrected chi connectivity index (χ1v) is 9.77. The van der Waals surface area contributed by atoms with Crippen molar-refractivity contribution in [2.45, 2.75) is 91.8 Å². The minimum Gasteiger partial charge on any atom is -0.130 e. The lowest BCUT2D eigenvalue weighted by Crippen LogP contribution is -2.43. The molecule has 0 atom stereocenters. The third kappa shape index (κ3) is 4.80. The molecule has 0 aromatic carbocycles. The molecule has 0 amide bonds. The summed E-state index contributed by atoms with van der Waals surface area (Å²) >= 11 is 0. The molecule has 0 aliphatic heterocycles. The fourth-order valence-electron chi connectivity index (χ4n) is 3.09. The molecule has 0 nitrogen and oxygen atoms in total. The van der Waals surface area contributed by atoms with E-state index < -0.39 is 8.07 Å². The molecule has 0 fully saturated rings. The zero-order valence-electron chi connectivity index (χ0n) is 14.1. The number of hydrogen-bond donors (Lipinski definition) is 0. The van der Waals surface area contributed by atoms with Crippen molar-refractivity contribution in [3.8, 4) is 11.5 Å². The van der Waals surface area contributed by atoms with Crippen LogP contribution in [0.3, 0.4) is 0 Å². The van der Waals surface area contributed by atoms with E-state index in [4.69, 9.17) is 0 Å². The maximum absolute atomic E-state index is 3.79. The van der Waals surface area contributed by atoms with Crippen LogP contribution in [0.15, 0.2) is 0 Å². The normalized spacial score (nSPS) is 13.1. The van der Waals surface area contributed by atoms with Gasteiger partial charge in [-0.25, -0.2) is 0 Å². The van der Waals surface area contributed by atoms with Crippen LogP contribution in [0.25, 0.3) is 0 Å². The summed E-state index contributed by atoms with van der Waals surface area (Å²) in [5.41, 5.74) is 6.45. The molecule has 106 valence electrons. The van der Waals surface area contributed by atoms with Crippen molar-refractivity contribution < 1.29 is 0 Å². The van der Waals surface area contributed by atoms with Gasteiger partial charge in [-0.05, 0) is 28.5 Å². The van der Waals surface area contributed by atoms with Crippen LogP contribution >= 0.6 is 0 Å². The summed E-state index contributed by atoms with van der Waals surface area (Å²) in [5.74, 6) is 3.54. The predicted octanol–water partition coefficient (Wildman–Crippen LogP) is 6.03. The smallest absolute Gasteiger partial charge is 0.130 e. The van der Waals surface area contributed by atoms with Gasteiger partial charge in [0, 0.05) is 6.42 Å². The Labute approximate surface area is 117 Å². The Balaban J connectivity index is 4.97. The second kappa shape index (κ2) is 6.80. The van der Waals surface area contributed by atoms with Crippen molar-refractivity contribution in [1.82, 2.24) is 0 Å². The Bertz CT molecular complexity index is 272. The molecule has 0 N–H and O–H groups in total. The quantitative estimate of drug-likeness (QED) is 0.430. The summed E-state index contributed by atoms with van der Waals surface area (Å²) in [4.78, 5) is 0. The highest BCUT2D eigenvalue weighted by atomic mass is 28.3. The summed E-state index contributed by atoms with van der Waals surface area (Å²) in [5, 5.41) is 0. The van der Waals surface area contributed by atoms with Crippen LogP contribution in [0.5, 0.6) is 0 Å². The van der Waals surface area contributed by atoms with E-state index in [1.807, 2.05) is 0 Å². The minimum atomic E-state index is -1.49. The lowest BCUT2D eigenvalue weighted by molar-refractivity contribution is 0.384. The molecule has 0 radical (unpaired) electrons. The van der Waals surface area contributed by atoms with Crippen molar-refractivity contribution in [3.63, 3.8) is 0 Å². The van der Waals surface area contributed by atoms with Gasteiger partial charge in [0.2, 0.25) is 0 Å². The van der Waals surface area contributed by atoms with Gasteiger partial charge in [-0.15, -0.1) is 11.5 Å². The summed E-state index contributed by atoms with van der Waals surface area (Å²) in [6.45, 7) is 21.2. The monoisotopic (exact) mass is 266 g/mol. The van der Waals surface area contributed by atoms with Gasteiger partial charge < -0.3 is 0 Å². The van der Waals surface area contributed by atoms with E-state index in [0.717, 1.165) is 23.0 Å². The van der Waals surface area contributed by atoms with Gasteiger partial charge >= 0.3 is 0 Å². The summed E-state index contributed by atoms with van der Waals surface area (Å²) in [6, 6.07) is 0. The van der Waals surface area contributed by atoms with Crippen LogP contribution in [-0.2, 0) is 0 Å². The highest BCUT2D eigenvalue weighted by molar-refractivity contribution is 6.90. The molecule has 0 unspecified atom stereocenters. The number of hydrogen-bond acceptors (Lipinski definition) is 0. The highest BCUT2D eigenvalue weighted by Gasteiger charge is 2.41. The zero-order valence-corrected chi connectivity index (χ0v) is 15.1. The largest absolute Gasteiger partial charge is 0.145 e. The molecular weight excluding hydrogens is 232 g/mol. The van der Waals surface area contributed by atoms with Gasteiger partial charge in [-0.1, -0.05) is 62.3 Å². The van der Waals surface area contributed by atoms with E-state index >= 15 is 0 Å². The van der Waals surface area contributed by atoms with Gasteiger partial charge in [0.05, 0.1) is 0 Å². The third-order valence-electron chi connectivity index (χ3n) is 4.17. The van der Waals surface area contributed by atoms with Crippen LogP contribution in [0.2, 0.25) is 16.6 Å². The van der Waals surface area contributed by atoms with Crippen LogP contribution < -0.4 is 0 Å². The Morgan fingerprint density at radius 1 is 0.833 bits per heavy atom. The van der Waals surface area contributed by atoms with Crippen molar-refractivity contribution in [2.75, 3.05) is 0 Å². The molecular formula is C17H34Si. The summed E-state index contributed by atoms with van der Waals surface area (Å²) in [7, 11) is -1.49. The molecule has 0 saturated carbocycles. The fourth-order valence-corrected chi connectivity index (χ4v) is 8.38. The summed E-state index contributed by atoms with van der Waals surface area (Å²) in [6.07, 6.45) is 2.27. The van der Waals surface area contributed by atoms with Crippen LogP contribution in [-0.4, -0.2) is 8.07 Å². The molecule has 1 heteroatoms. The fraction of sp³-hybridized carbons (Fsp3) is 0.882. The first-order chi connectivity index (χ1) is 8.04. The Kier molecular flexibility index (Phi) is 6.72. The van der Waals surface area contributed by atoms with E-state index in [1.165, 1.54) is 6.42 Å². The highest BCUT2D eigenvalue weighted by Crippen LogP contribution is 2.40. The van der Waals surface area contributed by atoms with Crippen LogP contribution in [0, 0.1) is 16.9 Å². The van der Waals surface area contributed by atoms with E-state index in [2.05, 4.69) is 73.8 Å². The Hall–Kier alpha value is -0.223. The van der Waals surface area contributed by atoms with E-state index in [9.17, 15) is 0 Å². The standard InChI is InChI=1S/C17H34Si/c1-14(2)18(15(3)4,16(5)6)13-11-10-12-17(7,8)9/h14-16H,10,12H2,1-9H3. The molecule has 0 heterocycles. The molecule has 0 aromatic heterocycles. The molecule has 0 saturated heterocycles. The van der Waals surface area contributed by atoms with Crippen molar-refractivity contribution in [1.29, 1.82) is 0 Å². The van der Waals surface area contributed by atoms with Crippen molar-refractivity contribution in [3.05, 3.63) is 0 Å². The van der Waals surface area contributed by atoms with Crippen LogP contribution in [0.1, 0.15) is 75.2 Å². The van der Waals surface area contributed by atoms with Gasteiger partial charge in [0.15, 0.2) is 0 Å². The maximum Gasteiger partial charge on any atom is 0.145 e. The lowest BCUT2D eigenvalue weighted by Gasteiger charge is -2.38. The van der Waals surface area contributed by atoms with E-state index in [-0.39, 0.29) is 0 Å². The molecule has 18 heavy (non-hydrogen) atoms. The van der Waals surface area contributed by atoms with E-state index in [0.29, 0.717) is 5.41 Å². The van der Waals surface area contributed by atoms with Crippen molar-refractivity contribution in [2.24, 2.45) is 5.41 Å². The SMILES string of the molecule is CC(C)[Si](C#CCCC(C)(C)C)(C(C)C)C(C)C. The third-order valence-corrected chi connectivity index (χ3v) is 10.5. The Morgan fingerprint density at radius 3 is 1.50 bits per heavy atom. The molecule has 0 aliphatic carbocycles. The molecule has 0 rings (SSSR count). The van der Waals surface area contributed by atoms with Crippen molar-refractivity contribution >= 4 is 8.07 Å². The Morgan fingerprint density at radius 2 is 1.22 bits per heavy atom.